The Hall–Kier alpha value is -3.64. The molecule has 2 aromatic heterocycles. The van der Waals surface area contributed by atoms with Crippen molar-refractivity contribution in [1.29, 1.82) is 0 Å². The summed E-state index contributed by atoms with van der Waals surface area (Å²) in [5.74, 6) is -0.101. The molecule has 2 N–H and O–H groups in total. The van der Waals surface area contributed by atoms with Gasteiger partial charge in [-0.25, -0.2) is 9.78 Å². The highest BCUT2D eigenvalue weighted by Crippen LogP contribution is 2.40. The van der Waals surface area contributed by atoms with E-state index in [1.54, 1.807) is 40.8 Å². The number of alkyl halides is 3. The third-order valence-corrected chi connectivity index (χ3v) is 6.83. The SMILES string of the molecule is CC1OCC(N(C)C(=O)c2cc3nc(NC(=O)OC(C)(C)C)c4c(c3[nH]2)COC4)c2ccc(C(F)(F)F)cc21. The first-order chi connectivity index (χ1) is 18.2. The lowest BCUT2D eigenvalue weighted by atomic mass is 9.92. The molecule has 0 saturated carbocycles. The number of pyridine rings is 1. The van der Waals surface area contributed by atoms with E-state index in [0.717, 1.165) is 17.7 Å². The van der Waals surface area contributed by atoms with Gasteiger partial charge in [-0.1, -0.05) is 6.07 Å². The van der Waals surface area contributed by atoms with Gasteiger partial charge in [-0.15, -0.1) is 0 Å². The summed E-state index contributed by atoms with van der Waals surface area (Å²) in [6, 6.07) is 4.51. The van der Waals surface area contributed by atoms with E-state index in [1.807, 2.05) is 0 Å². The van der Waals surface area contributed by atoms with Crippen LogP contribution in [0.4, 0.5) is 23.8 Å². The van der Waals surface area contributed by atoms with Crippen LogP contribution >= 0.6 is 0 Å². The summed E-state index contributed by atoms with van der Waals surface area (Å²) in [7, 11) is 1.58. The lowest BCUT2D eigenvalue weighted by Crippen LogP contribution is -2.37. The molecule has 0 saturated heterocycles. The summed E-state index contributed by atoms with van der Waals surface area (Å²) in [6.45, 7) is 7.58. The van der Waals surface area contributed by atoms with Gasteiger partial charge in [-0.2, -0.15) is 13.2 Å². The molecule has 2 aliphatic rings. The Morgan fingerprint density at radius 2 is 1.85 bits per heavy atom. The topological polar surface area (TPSA) is 106 Å². The van der Waals surface area contributed by atoms with Crippen molar-refractivity contribution in [3.63, 3.8) is 0 Å². The Morgan fingerprint density at radius 3 is 2.54 bits per heavy atom. The molecule has 0 fully saturated rings. The Labute approximate surface area is 222 Å². The van der Waals surface area contributed by atoms with E-state index in [0.29, 0.717) is 33.5 Å². The van der Waals surface area contributed by atoms with Crippen molar-refractivity contribution in [2.45, 2.75) is 64.8 Å². The molecule has 0 spiro atoms. The minimum atomic E-state index is -4.48. The molecule has 0 aliphatic carbocycles. The molecule has 39 heavy (non-hydrogen) atoms. The van der Waals surface area contributed by atoms with Crippen molar-refractivity contribution in [2.75, 3.05) is 19.0 Å². The number of amides is 2. The Morgan fingerprint density at radius 1 is 1.13 bits per heavy atom. The molecule has 1 aromatic carbocycles. The van der Waals surface area contributed by atoms with E-state index in [-0.39, 0.29) is 25.5 Å². The maximum atomic E-state index is 13.6. The van der Waals surface area contributed by atoms with Crippen LogP contribution in [-0.4, -0.2) is 46.1 Å². The number of likely N-dealkylation sites (N-methyl/N-ethyl adjacent to an activating group) is 1. The third kappa shape index (κ3) is 5.18. The standard InChI is InChI=1S/C27H29F3N4O5/c1-13-16-8-14(27(28,29)30)6-7-15(16)21(12-38-13)34(5)24(35)20-9-19-22(31-20)17-10-37-11-18(17)23(32-19)33-25(36)39-26(2,3)4/h6-9,13,21,31H,10-12H2,1-5H3,(H,32,33,36). The number of nitrogens with zero attached hydrogens (tertiary/aromatic N) is 2. The number of carbonyl (C=O) groups is 2. The summed E-state index contributed by atoms with van der Waals surface area (Å²) >= 11 is 0. The van der Waals surface area contributed by atoms with Crippen LogP contribution in [-0.2, 0) is 33.6 Å². The molecule has 3 aromatic rings. The molecule has 2 aliphatic heterocycles. The summed E-state index contributed by atoms with van der Waals surface area (Å²) in [4.78, 5) is 35.1. The average molecular weight is 547 g/mol. The first kappa shape index (κ1) is 26.9. The van der Waals surface area contributed by atoms with Gasteiger partial charge in [0.25, 0.3) is 5.91 Å². The average Bonchev–Trinajstić information content (AvgIpc) is 3.49. The van der Waals surface area contributed by atoms with E-state index >= 15 is 0 Å². The van der Waals surface area contributed by atoms with Gasteiger partial charge < -0.3 is 24.1 Å². The molecule has 208 valence electrons. The Balaban J connectivity index is 1.45. The summed E-state index contributed by atoms with van der Waals surface area (Å²) < 4.78 is 56.6. The highest BCUT2D eigenvalue weighted by molar-refractivity contribution is 5.99. The molecule has 5 rings (SSSR count). The zero-order valence-corrected chi connectivity index (χ0v) is 22.2. The van der Waals surface area contributed by atoms with E-state index in [1.165, 1.54) is 11.0 Å². The fraction of sp³-hybridized carbons (Fsp3) is 0.444. The molecular formula is C27H29F3N4O5. The Bertz CT molecular complexity index is 1460. The van der Waals surface area contributed by atoms with E-state index in [2.05, 4.69) is 15.3 Å². The molecule has 0 bridgehead atoms. The first-order valence-corrected chi connectivity index (χ1v) is 12.4. The second kappa shape index (κ2) is 9.53. The minimum absolute atomic E-state index is 0.132. The maximum absolute atomic E-state index is 13.6. The van der Waals surface area contributed by atoms with Gasteiger partial charge >= 0.3 is 12.3 Å². The smallest absolute Gasteiger partial charge is 0.416 e. The van der Waals surface area contributed by atoms with Crippen molar-refractivity contribution >= 4 is 28.9 Å². The molecule has 9 nitrogen and oxygen atoms in total. The monoisotopic (exact) mass is 546 g/mol. The number of H-pyrrole nitrogens is 1. The first-order valence-electron chi connectivity index (χ1n) is 12.4. The molecule has 0 radical (unpaired) electrons. The van der Waals surface area contributed by atoms with Gasteiger partial charge in [0, 0.05) is 18.2 Å². The molecule has 4 heterocycles. The Kier molecular flexibility index (Phi) is 6.58. The van der Waals surface area contributed by atoms with Gasteiger partial charge in [0.2, 0.25) is 0 Å². The number of ether oxygens (including phenoxy) is 3. The number of hydrogen-bond donors (Lipinski definition) is 2. The summed E-state index contributed by atoms with van der Waals surface area (Å²) in [6.07, 6.45) is -5.69. The van der Waals surface area contributed by atoms with Crippen molar-refractivity contribution in [3.8, 4) is 0 Å². The van der Waals surface area contributed by atoms with Crippen molar-refractivity contribution < 1.29 is 37.0 Å². The van der Waals surface area contributed by atoms with Gasteiger partial charge in [-0.3, -0.25) is 10.1 Å². The predicted octanol–water partition coefficient (Wildman–Crippen LogP) is 5.86. The number of aromatic amines is 1. The van der Waals surface area contributed by atoms with Crippen LogP contribution in [0.15, 0.2) is 24.3 Å². The zero-order chi connectivity index (χ0) is 28.3. The van der Waals surface area contributed by atoms with Crippen LogP contribution in [0.25, 0.3) is 11.0 Å². The fourth-order valence-electron chi connectivity index (χ4n) is 4.91. The number of nitrogens with one attached hydrogen (secondary N) is 2. The number of anilines is 1. The number of carbonyl (C=O) groups excluding carboxylic acids is 2. The van der Waals surface area contributed by atoms with Crippen LogP contribution in [0, 0.1) is 0 Å². The van der Waals surface area contributed by atoms with Gasteiger partial charge in [-0.05, 0) is 57.0 Å². The fourth-order valence-corrected chi connectivity index (χ4v) is 4.91. The minimum Gasteiger partial charge on any atom is -0.444 e. The highest BCUT2D eigenvalue weighted by Gasteiger charge is 2.36. The van der Waals surface area contributed by atoms with Gasteiger partial charge in [0.1, 0.15) is 17.1 Å². The van der Waals surface area contributed by atoms with Gasteiger partial charge in [0.15, 0.2) is 0 Å². The number of aromatic nitrogens is 2. The van der Waals surface area contributed by atoms with E-state index in [4.69, 9.17) is 14.2 Å². The van der Waals surface area contributed by atoms with Crippen LogP contribution in [0.2, 0.25) is 0 Å². The maximum Gasteiger partial charge on any atom is 0.416 e. The highest BCUT2D eigenvalue weighted by atomic mass is 19.4. The van der Waals surface area contributed by atoms with Crippen molar-refractivity contribution in [2.24, 2.45) is 0 Å². The number of benzene rings is 1. The van der Waals surface area contributed by atoms with Crippen LogP contribution in [0.1, 0.15) is 78.1 Å². The van der Waals surface area contributed by atoms with E-state index < -0.39 is 41.5 Å². The largest absolute Gasteiger partial charge is 0.444 e. The lowest BCUT2D eigenvalue weighted by molar-refractivity contribution is -0.137. The molecule has 2 amide bonds. The second-order valence-corrected chi connectivity index (χ2v) is 10.7. The van der Waals surface area contributed by atoms with Crippen LogP contribution in [0.5, 0.6) is 0 Å². The summed E-state index contributed by atoms with van der Waals surface area (Å²) in [5.41, 5.74) is 2.29. The predicted molar refractivity (Wildman–Crippen MR) is 135 cm³/mol. The quantitative estimate of drug-likeness (QED) is 0.426. The molecule has 12 heteroatoms. The van der Waals surface area contributed by atoms with E-state index in [9.17, 15) is 22.8 Å². The number of hydrogen-bond acceptors (Lipinski definition) is 6. The molecular weight excluding hydrogens is 517 g/mol. The third-order valence-electron chi connectivity index (χ3n) is 6.83. The molecule has 2 unspecified atom stereocenters. The second-order valence-electron chi connectivity index (χ2n) is 10.7. The zero-order valence-electron chi connectivity index (χ0n) is 22.2. The number of halogens is 3. The van der Waals surface area contributed by atoms with Crippen LogP contribution in [0.3, 0.4) is 0 Å². The van der Waals surface area contributed by atoms with Gasteiger partial charge in [0.05, 0.1) is 48.6 Å². The number of rotatable bonds is 3. The molecule has 2 atom stereocenters. The van der Waals surface area contributed by atoms with Crippen LogP contribution < -0.4 is 5.32 Å². The van der Waals surface area contributed by atoms with Crippen molar-refractivity contribution in [3.05, 3.63) is 57.8 Å². The summed E-state index contributed by atoms with van der Waals surface area (Å²) in [5, 5.41) is 2.68. The normalized spacial score (nSPS) is 19.0. The number of fused-ring (bicyclic) bond motifs is 4. The lowest BCUT2D eigenvalue weighted by Gasteiger charge is -2.36. The van der Waals surface area contributed by atoms with Crippen molar-refractivity contribution in [1.82, 2.24) is 14.9 Å².